The minimum atomic E-state index is -0.0312. The normalized spacial score (nSPS) is 16.6. The molecule has 0 unspecified atom stereocenters. The van der Waals surface area contributed by atoms with E-state index in [2.05, 4.69) is 34.7 Å². The van der Waals surface area contributed by atoms with E-state index in [1.807, 2.05) is 52.2 Å². The van der Waals surface area contributed by atoms with Gasteiger partial charge in [0.2, 0.25) is 0 Å². The van der Waals surface area contributed by atoms with Crippen LogP contribution in [0.3, 0.4) is 0 Å². The van der Waals surface area contributed by atoms with Gasteiger partial charge in [0.25, 0.3) is 0 Å². The number of aromatic nitrogens is 2. The molecule has 3 aromatic rings. The molecule has 0 radical (unpaired) electrons. The molecule has 1 aromatic heterocycles. The molecule has 0 spiro atoms. The van der Waals surface area contributed by atoms with Crippen molar-refractivity contribution in [2.45, 2.75) is 18.9 Å². The predicted molar refractivity (Wildman–Crippen MR) is 102 cm³/mol. The number of anilines is 1. The van der Waals surface area contributed by atoms with Crippen LogP contribution in [0.25, 0.3) is 0 Å². The molecule has 1 atom stereocenters. The van der Waals surface area contributed by atoms with Crippen LogP contribution in [-0.2, 0) is 6.54 Å². The van der Waals surface area contributed by atoms with E-state index < -0.39 is 0 Å². The van der Waals surface area contributed by atoms with Crippen LogP contribution >= 0.6 is 0 Å². The fourth-order valence-corrected chi connectivity index (χ4v) is 3.48. The lowest BCUT2D eigenvalue weighted by Crippen LogP contribution is -2.33. The van der Waals surface area contributed by atoms with Gasteiger partial charge in [0.1, 0.15) is 0 Å². The van der Waals surface area contributed by atoms with Gasteiger partial charge in [-0.2, -0.15) is 5.10 Å². The maximum absolute atomic E-state index is 12.7. The SMILES string of the molecule is O=C(Nc1ccccc1Cn1cccn1)N1CC[C@@H](c2ccccc2)C1. The highest BCUT2D eigenvalue weighted by molar-refractivity contribution is 5.90. The van der Waals surface area contributed by atoms with Crippen molar-refractivity contribution >= 4 is 11.7 Å². The van der Waals surface area contributed by atoms with Gasteiger partial charge in [-0.05, 0) is 29.7 Å². The van der Waals surface area contributed by atoms with E-state index in [1.165, 1.54) is 5.56 Å². The number of nitrogens with zero attached hydrogens (tertiary/aromatic N) is 3. The van der Waals surface area contributed by atoms with E-state index in [4.69, 9.17) is 0 Å². The topological polar surface area (TPSA) is 50.2 Å². The number of likely N-dealkylation sites (tertiary alicyclic amines) is 1. The molecule has 2 heterocycles. The second kappa shape index (κ2) is 7.44. The van der Waals surface area contributed by atoms with Crippen molar-refractivity contribution in [3.05, 3.63) is 84.2 Å². The molecule has 5 heteroatoms. The Kier molecular flexibility index (Phi) is 4.69. The van der Waals surface area contributed by atoms with Crippen LogP contribution in [0.15, 0.2) is 73.1 Å². The fourth-order valence-electron chi connectivity index (χ4n) is 3.48. The molecule has 1 fully saturated rings. The number of benzene rings is 2. The Morgan fingerprint density at radius 3 is 2.69 bits per heavy atom. The molecule has 0 bridgehead atoms. The molecule has 2 amide bonds. The van der Waals surface area contributed by atoms with Crippen LogP contribution in [-0.4, -0.2) is 33.8 Å². The molecule has 2 aromatic carbocycles. The lowest BCUT2D eigenvalue weighted by atomic mass is 9.99. The number of hydrogen-bond acceptors (Lipinski definition) is 2. The van der Waals surface area contributed by atoms with Gasteiger partial charge < -0.3 is 10.2 Å². The number of para-hydroxylation sites is 1. The lowest BCUT2D eigenvalue weighted by molar-refractivity contribution is 0.222. The highest BCUT2D eigenvalue weighted by Crippen LogP contribution is 2.27. The number of urea groups is 1. The van der Waals surface area contributed by atoms with E-state index in [1.54, 1.807) is 6.20 Å². The number of amides is 2. The van der Waals surface area contributed by atoms with E-state index in [9.17, 15) is 4.79 Å². The molecule has 5 nitrogen and oxygen atoms in total. The van der Waals surface area contributed by atoms with Crippen molar-refractivity contribution in [1.29, 1.82) is 0 Å². The van der Waals surface area contributed by atoms with Crippen molar-refractivity contribution in [2.75, 3.05) is 18.4 Å². The summed E-state index contributed by atoms with van der Waals surface area (Å²) in [5, 5.41) is 7.33. The number of hydrogen-bond donors (Lipinski definition) is 1. The van der Waals surface area contributed by atoms with Crippen molar-refractivity contribution in [3.63, 3.8) is 0 Å². The molecular formula is C21H22N4O. The Morgan fingerprint density at radius 1 is 1.08 bits per heavy atom. The first-order chi connectivity index (χ1) is 12.8. The van der Waals surface area contributed by atoms with Gasteiger partial charge in [-0.25, -0.2) is 4.79 Å². The molecular weight excluding hydrogens is 324 g/mol. The molecule has 1 saturated heterocycles. The van der Waals surface area contributed by atoms with E-state index >= 15 is 0 Å². The summed E-state index contributed by atoms with van der Waals surface area (Å²) in [4.78, 5) is 14.6. The molecule has 1 aliphatic rings. The molecule has 1 aliphatic heterocycles. The summed E-state index contributed by atoms with van der Waals surface area (Å²) < 4.78 is 1.85. The second-order valence-corrected chi connectivity index (χ2v) is 6.63. The van der Waals surface area contributed by atoms with Crippen LogP contribution < -0.4 is 5.32 Å². The molecule has 1 N–H and O–H groups in total. The van der Waals surface area contributed by atoms with E-state index in [-0.39, 0.29) is 6.03 Å². The third kappa shape index (κ3) is 3.61. The van der Waals surface area contributed by atoms with Crippen LogP contribution in [0, 0.1) is 0 Å². The Labute approximate surface area is 153 Å². The molecule has 132 valence electrons. The molecule has 26 heavy (non-hydrogen) atoms. The highest BCUT2D eigenvalue weighted by atomic mass is 16.2. The summed E-state index contributed by atoms with van der Waals surface area (Å²) in [6, 6.07) is 20.2. The maximum atomic E-state index is 12.7. The van der Waals surface area contributed by atoms with Gasteiger partial charge in [-0.1, -0.05) is 48.5 Å². The monoisotopic (exact) mass is 346 g/mol. The fraction of sp³-hybridized carbons (Fsp3) is 0.238. The predicted octanol–water partition coefficient (Wildman–Crippen LogP) is 3.95. The quantitative estimate of drug-likeness (QED) is 0.777. The summed E-state index contributed by atoms with van der Waals surface area (Å²) >= 11 is 0. The molecule has 0 saturated carbocycles. The van der Waals surface area contributed by atoms with Gasteiger partial charge in [0.15, 0.2) is 0 Å². The van der Waals surface area contributed by atoms with E-state index in [0.717, 1.165) is 30.8 Å². The average molecular weight is 346 g/mol. The Balaban J connectivity index is 1.43. The summed E-state index contributed by atoms with van der Waals surface area (Å²) in [6.45, 7) is 2.18. The largest absolute Gasteiger partial charge is 0.324 e. The van der Waals surface area contributed by atoms with Gasteiger partial charge in [0, 0.05) is 37.1 Å². The zero-order chi connectivity index (χ0) is 17.8. The zero-order valence-electron chi connectivity index (χ0n) is 14.6. The van der Waals surface area contributed by atoms with Crippen molar-refractivity contribution in [1.82, 2.24) is 14.7 Å². The number of rotatable bonds is 4. The second-order valence-electron chi connectivity index (χ2n) is 6.63. The summed E-state index contributed by atoms with van der Waals surface area (Å²) in [5.74, 6) is 0.418. The zero-order valence-corrected chi connectivity index (χ0v) is 14.6. The Morgan fingerprint density at radius 2 is 1.88 bits per heavy atom. The summed E-state index contributed by atoms with van der Waals surface area (Å²) in [5.41, 5.74) is 3.20. The third-order valence-corrected chi connectivity index (χ3v) is 4.90. The first-order valence-corrected chi connectivity index (χ1v) is 8.96. The van der Waals surface area contributed by atoms with Gasteiger partial charge in [0.05, 0.1) is 6.54 Å². The number of nitrogens with one attached hydrogen (secondary N) is 1. The number of carbonyl (C=O) groups excluding carboxylic acids is 1. The standard InChI is InChI=1S/C21H22N4O/c26-21(24-14-11-18(15-24)17-7-2-1-3-8-17)23-20-10-5-4-9-19(20)16-25-13-6-12-22-25/h1-10,12-13,18H,11,14-16H2,(H,23,26)/t18-/m1/s1. The van der Waals surface area contributed by atoms with Crippen molar-refractivity contribution < 1.29 is 4.79 Å². The maximum Gasteiger partial charge on any atom is 0.321 e. The highest BCUT2D eigenvalue weighted by Gasteiger charge is 2.27. The van der Waals surface area contributed by atoms with Crippen LogP contribution in [0.4, 0.5) is 10.5 Å². The van der Waals surface area contributed by atoms with Crippen LogP contribution in [0.5, 0.6) is 0 Å². The summed E-state index contributed by atoms with van der Waals surface area (Å²) in [7, 11) is 0. The van der Waals surface area contributed by atoms with Crippen molar-refractivity contribution in [3.8, 4) is 0 Å². The van der Waals surface area contributed by atoms with Crippen LogP contribution in [0.2, 0.25) is 0 Å². The van der Waals surface area contributed by atoms with Crippen molar-refractivity contribution in [2.24, 2.45) is 0 Å². The van der Waals surface area contributed by atoms with Crippen LogP contribution in [0.1, 0.15) is 23.5 Å². The number of carbonyl (C=O) groups is 1. The first-order valence-electron chi connectivity index (χ1n) is 8.96. The minimum Gasteiger partial charge on any atom is -0.324 e. The first kappa shape index (κ1) is 16.4. The lowest BCUT2D eigenvalue weighted by Gasteiger charge is -2.19. The Bertz CT molecular complexity index is 861. The molecule has 4 rings (SSSR count). The minimum absolute atomic E-state index is 0.0312. The Hall–Kier alpha value is -3.08. The van der Waals surface area contributed by atoms with Gasteiger partial charge >= 0.3 is 6.03 Å². The van der Waals surface area contributed by atoms with Gasteiger partial charge in [-0.3, -0.25) is 4.68 Å². The van der Waals surface area contributed by atoms with Gasteiger partial charge in [-0.15, -0.1) is 0 Å². The summed E-state index contributed by atoms with van der Waals surface area (Å²) in [6.07, 6.45) is 4.69. The smallest absolute Gasteiger partial charge is 0.321 e. The average Bonchev–Trinajstić information content (AvgIpc) is 3.36. The third-order valence-electron chi connectivity index (χ3n) is 4.90. The molecule has 0 aliphatic carbocycles. The van der Waals surface area contributed by atoms with E-state index in [0.29, 0.717) is 12.5 Å².